The van der Waals surface area contributed by atoms with Gasteiger partial charge in [0.05, 0.1) is 5.69 Å². The van der Waals surface area contributed by atoms with E-state index in [2.05, 4.69) is 15.3 Å². The Bertz CT molecular complexity index is 578. The van der Waals surface area contributed by atoms with Crippen LogP contribution >= 0.6 is 11.6 Å². The van der Waals surface area contributed by atoms with Gasteiger partial charge in [-0.1, -0.05) is 17.7 Å². The van der Waals surface area contributed by atoms with E-state index in [0.717, 1.165) is 11.1 Å². The highest BCUT2D eigenvalue weighted by atomic mass is 35.5. The molecular formula is C13H12ClN3O. The van der Waals surface area contributed by atoms with Crippen molar-refractivity contribution in [1.82, 2.24) is 9.97 Å². The fraction of sp³-hybridized carbons (Fsp3) is 0.154. The first-order valence-corrected chi connectivity index (χ1v) is 5.81. The van der Waals surface area contributed by atoms with Crippen molar-refractivity contribution in [3.8, 4) is 0 Å². The number of nitrogens with zero attached hydrogens (tertiary/aromatic N) is 2. The van der Waals surface area contributed by atoms with E-state index in [1.165, 1.54) is 0 Å². The number of hydrogen-bond donors (Lipinski definition) is 1. The van der Waals surface area contributed by atoms with Gasteiger partial charge in [0, 0.05) is 12.4 Å². The lowest BCUT2D eigenvalue weighted by atomic mass is 10.2. The molecule has 0 saturated heterocycles. The first kappa shape index (κ1) is 12.5. The van der Waals surface area contributed by atoms with Gasteiger partial charge < -0.3 is 5.32 Å². The molecule has 4 nitrogen and oxygen atoms in total. The molecule has 0 spiro atoms. The van der Waals surface area contributed by atoms with Crippen molar-refractivity contribution in [2.24, 2.45) is 0 Å². The summed E-state index contributed by atoms with van der Waals surface area (Å²) in [6.07, 6.45) is 3.18. The quantitative estimate of drug-likeness (QED) is 0.846. The average molecular weight is 262 g/mol. The van der Waals surface area contributed by atoms with Crippen LogP contribution < -0.4 is 5.32 Å². The number of carbonyl (C=O) groups excluding carboxylic acids is 1. The summed E-state index contributed by atoms with van der Waals surface area (Å²) >= 11 is 5.95. The summed E-state index contributed by atoms with van der Waals surface area (Å²) in [6, 6.07) is 5.40. The van der Waals surface area contributed by atoms with E-state index in [1.54, 1.807) is 24.5 Å². The Labute approximate surface area is 110 Å². The van der Waals surface area contributed by atoms with Crippen molar-refractivity contribution in [3.63, 3.8) is 0 Å². The van der Waals surface area contributed by atoms with E-state index in [0.29, 0.717) is 11.4 Å². The molecule has 92 valence electrons. The van der Waals surface area contributed by atoms with Crippen LogP contribution in [0.3, 0.4) is 0 Å². The van der Waals surface area contributed by atoms with Crippen molar-refractivity contribution >= 4 is 23.2 Å². The van der Waals surface area contributed by atoms with Crippen molar-refractivity contribution in [3.05, 3.63) is 52.6 Å². The van der Waals surface area contributed by atoms with Crippen LogP contribution in [0.25, 0.3) is 0 Å². The predicted octanol–water partition coefficient (Wildman–Crippen LogP) is 3.00. The van der Waals surface area contributed by atoms with Crippen LogP contribution in [-0.4, -0.2) is 15.9 Å². The number of nitrogens with one attached hydrogen (secondary N) is 1. The van der Waals surface area contributed by atoms with E-state index in [4.69, 9.17) is 11.6 Å². The smallest absolute Gasteiger partial charge is 0.274 e. The first-order chi connectivity index (χ1) is 8.59. The van der Waals surface area contributed by atoms with Crippen LogP contribution in [-0.2, 0) is 0 Å². The molecule has 2 heterocycles. The number of rotatable bonds is 2. The Balaban J connectivity index is 2.30. The lowest BCUT2D eigenvalue weighted by Gasteiger charge is -2.10. The number of carbonyl (C=O) groups is 1. The molecule has 0 saturated carbocycles. The third-order valence-corrected chi connectivity index (χ3v) is 2.86. The van der Waals surface area contributed by atoms with E-state index in [9.17, 15) is 4.79 Å². The van der Waals surface area contributed by atoms with Gasteiger partial charge in [-0.15, -0.1) is 0 Å². The number of amides is 1. The monoisotopic (exact) mass is 261 g/mol. The molecule has 1 N–H and O–H groups in total. The van der Waals surface area contributed by atoms with Gasteiger partial charge in [-0.05, 0) is 37.1 Å². The van der Waals surface area contributed by atoms with E-state index >= 15 is 0 Å². The molecule has 5 heteroatoms. The minimum atomic E-state index is -0.286. The number of pyridine rings is 2. The molecule has 1 amide bonds. The van der Waals surface area contributed by atoms with E-state index < -0.39 is 0 Å². The zero-order chi connectivity index (χ0) is 13.1. The zero-order valence-electron chi connectivity index (χ0n) is 10.1. The van der Waals surface area contributed by atoms with Gasteiger partial charge in [-0.25, -0.2) is 4.98 Å². The number of halogens is 1. The number of anilines is 1. The molecular weight excluding hydrogens is 250 g/mol. The van der Waals surface area contributed by atoms with Gasteiger partial charge in [0.15, 0.2) is 5.15 Å². The third kappa shape index (κ3) is 2.49. The highest BCUT2D eigenvalue weighted by Crippen LogP contribution is 2.23. The molecule has 0 aliphatic rings. The van der Waals surface area contributed by atoms with E-state index in [-0.39, 0.29) is 11.1 Å². The number of aromatic nitrogens is 2. The Morgan fingerprint density at radius 2 is 1.94 bits per heavy atom. The summed E-state index contributed by atoms with van der Waals surface area (Å²) in [5.74, 6) is -0.286. The molecule has 0 bridgehead atoms. The molecule has 2 aromatic heterocycles. The Morgan fingerprint density at radius 1 is 1.17 bits per heavy atom. The second kappa shape index (κ2) is 5.14. The lowest BCUT2D eigenvalue weighted by molar-refractivity contribution is 0.102. The van der Waals surface area contributed by atoms with Crippen molar-refractivity contribution in [2.45, 2.75) is 13.8 Å². The largest absolute Gasteiger partial charge is 0.318 e. The summed E-state index contributed by atoms with van der Waals surface area (Å²) in [6.45, 7) is 3.69. The number of aryl methyl sites for hydroxylation is 2. The van der Waals surface area contributed by atoms with Gasteiger partial charge in [-0.2, -0.15) is 0 Å². The minimum absolute atomic E-state index is 0.275. The molecule has 0 radical (unpaired) electrons. The number of hydrogen-bond acceptors (Lipinski definition) is 3. The van der Waals surface area contributed by atoms with Gasteiger partial charge >= 0.3 is 0 Å². The van der Waals surface area contributed by atoms with Crippen molar-refractivity contribution in [1.29, 1.82) is 0 Å². The normalized spacial score (nSPS) is 10.2. The predicted molar refractivity (Wildman–Crippen MR) is 70.9 cm³/mol. The summed E-state index contributed by atoms with van der Waals surface area (Å²) in [4.78, 5) is 20.1. The van der Waals surface area contributed by atoms with Crippen LogP contribution in [0, 0.1) is 13.8 Å². The average Bonchev–Trinajstić information content (AvgIpc) is 2.34. The van der Waals surface area contributed by atoms with Crippen LogP contribution in [0.2, 0.25) is 5.15 Å². The topological polar surface area (TPSA) is 54.9 Å². The van der Waals surface area contributed by atoms with Gasteiger partial charge in [0.2, 0.25) is 0 Å². The van der Waals surface area contributed by atoms with Gasteiger partial charge in [0.25, 0.3) is 5.91 Å². The molecule has 0 fully saturated rings. The molecule has 18 heavy (non-hydrogen) atoms. The van der Waals surface area contributed by atoms with Crippen LogP contribution in [0.1, 0.15) is 21.6 Å². The third-order valence-electron chi connectivity index (χ3n) is 2.58. The fourth-order valence-electron chi connectivity index (χ4n) is 1.57. The first-order valence-electron chi connectivity index (χ1n) is 5.43. The van der Waals surface area contributed by atoms with Crippen LogP contribution in [0.4, 0.5) is 5.69 Å². The highest BCUT2D eigenvalue weighted by Gasteiger charge is 2.13. The Kier molecular flexibility index (Phi) is 3.58. The summed E-state index contributed by atoms with van der Waals surface area (Å²) in [7, 11) is 0. The SMILES string of the molecule is Cc1cccnc1C(=O)Nc1c(C)ccnc1Cl. The minimum Gasteiger partial charge on any atom is -0.318 e. The standard InChI is InChI=1S/C13H12ClN3O/c1-8-4-3-6-15-11(8)13(18)17-10-9(2)5-7-16-12(10)14/h3-7H,1-2H3,(H,17,18). The maximum atomic E-state index is 12.1. The van der Waals surface area contributed by atoms with Gasteiger partial charge in [-0.3, -0.25) is 9.78 Å². The second-order valence-corrected chi connectivity index (χ2v) is 4.27. The fourth-order valence-corrected chi connectivity index (χ4v) is 1.82. The Morgan fingerprint density at radius 3 is 2.61 bits per heavy atom. The molecule has 0 atom stereocenters. The maximum Gasteiger partial charge on any atom is 0.274 e. The molecule has 0 unspecified atom stereocenters. The maximum absolute atomic E-state index is 12.1. The van der Waals surface area contributed by atoms with Crippen molar-refractivity contribution < 1.29 is 4.79 Å². The van der Waals surface area contributed by atoms with Gasteiger partial charge in [0.1, 0.15) is 5.69 Å². The van der Waals surface area contributed by atoms with E-state index in [1.807, 2.05) is 19.9 Å². The van der Waals surface area contributed by atoms with Crippen molar-refractivity contribution in [2.75, 3.05) is 5.32 Å². The molecule has 2 rings (SSSR count). The Hall–Kier alpha value is -1.94. The summed E-state index contributed by atoms with van der Waals surface area (Å²) in [5, 5.41) is 3.01. The second-order valence-electron chi connectivity index (χ2n) is 3.92. The molecule has 2 aromatic rings. The highest BCUT2D eigenvalue weighted by molar-refractivity contribution is 6.32. The molecule has 0 aliphatic heterocycles. The molecule has 0 aliphatic carbocycles. The summed E-state index contributed by atoms with van der Waals surface area (Å²) in [5.41, 5.74) is 2.58. The molecule has 0 aromatic carbocycles. The van der Waals surface area contributed by atoms with Crippen LogP contribution in [0.15, 0.2) is 30.6 Å². The summed E-state index contributed by atoms with van der Waals surface area (Å²) < 4.78 is 0. The zero-order valence-corrected chi connectivity index (χ0v) is 10.8. The lowest BCUT2D eigenvalue weighted by Crippen LogP contribution is -2.16. The van der Waals surface area contributed by atoms with Crippen LogP contribution in [0.5, 0.6) is 0 Å².